The Hall–Kier alpha value is -0.870. The Bertz CT molecular complexity index is 202. The molecule has 0 aromatic carbocycles. The van der Waals surface area contributed by atoms with Gasteiger partial charge in [0.05, 0.1) is 27.2 Å². The minimum absolute atomic E-state index is 0.355. The molecule has 0 aromatic heterocycles. The maximum Gasteiger partial charge on any atom is 0.330 e. The van der Waals surface area contributed by atoms with E-state index in [4.69, 9.17) is 9.47 Å². The molecule has 0 bridgehead atoms. The van der Waals surface area contributed by atoms with Crippen LogP contribution in [-0.4, -0.2) is 58.0 Å². The number of likely N-dealkylation sites (N-methyl/N-ethyl adjacent to an activating group) is 1. The van der Waals surface area contributed by atoms with Gasteiger partial charge in [-0.25, -0.2) is 4.79 Å². The first-order valence-electron chi connectivity index (χ1n) is 5.12. The van der Waals surface area contributed by atoms with Crippen molar-refractivity contribution in [2.45, 2.75) is 6.42 Å². The molecule has 0 aromatic rings. The fourth-order valence-corrected chi connectivity index (χ4v) is 1.20. The summed E-state index contributed by atoms with van der Waals surface area (Å²) >= 11 is 0. The van der Waals surface area contributed by atoms with E-state index in [0.717, 1.165) is 30.6 Å². The number of hydrogen-bond acceptors (Lipinski definition) is 3. The highest BCUT2D eigenvalue weighted by molar-refractivity contribution is 5.81. The fourth-order valence-electron chi connectivity index (χ4n) is 1.20. The molecule has 0 aliphatic carbocycles. The molecular weight excluding hydrogens is 194 g/mol. The number of rotatable bonds is 8. The molecule has 0 saturated heterocycles. The summed E-state index contributed by atoms with van der Waals surface area (Å²) in [5.74, 6) is -0.355. The lowest BCUT2D eigenvalue weighted by Gasteiger charge is -2.29. The van der Waals surface area contributed by atoms with Crippen LogP contribution in [0.3, 0.4) is 0 Å². The lowest BCUT2D eigenvalue weighted by atomic mass is 10.3. The van der Waals surface area contributed by atoms with Crippen LogP contribution in [0.1, 0.15) is 6.42 Å². The van der Waals surface area contributed by atoms with Crippen LogP contribution in [-0.2, 0) is 14.3 Å². The zero-order valence-corrected chi connectivity index (χ0v) is 9.99. The third-order valence-corrected chi connectivity index (χ3v) is 2.22. The van der Waals surface area contributed by atoms with Crippen molar-refractivity contribution in [2.75, 3.05) is 47.5 Å². The summed E-state index contributed by atoms with van der Waals surface area (Å²) in [6, 6.07) is 0. The van der Waals surface area contributed by atoms with Gasteiger partial charge >= 0.3 is 5.97 Å². The van der Waals surface area contributed by atoms with Crippen molar-refractivity contribution in [3.8, 4) is 0 Å². The van der Waals surface area contributed by atoms with Crippen LogP contribution in [0.15, 0.2) is 12.7 Å². The molecule has 15 heavy (non-hydrogen) atoms. The number of nitrogens with zero attached hydrogens (tertiary/aromatic N) is 1. The zero-order chi connectivity index (χ0) is 11.7. The molecule has 0 amide bonds. The standard InChI is InChI=1S/C11H22NO3/c1-5-11(13)15-10-8-12(2,3)7-6-9-14-4/h5H,1,6-10H2,2-4H3/q+1. The Labute approximate surface area is 92.1 Å². The summed E-state index contributed by atoms with van der Waals surface area (Å²) < 4.78 is 10.7. The predicted molar refractivity (Wildman–Crippen MR) is 59.5 cm³/mol. The van der Waals surface area contributed by atoms with E-state index in [2.05, 4.69) is 20.7 Å². The van der Waals surface area contributed by atoms with Crippen molar-refractivity contribution >= 4 is 5.97 Å². The fraction of sp³-hybridized carbons (Fsp3) is 0.727. The number of quaternary nitrogens is 1. The summed E-state index contributed by atoms with van der Waals surface area (Å²) in [4.78, 5) is 10.8. The van der Waals surface area contributed by atoms with Crippen molar-refractivity contribution in [1.29, 1.82) is 0 Å². The molecule has 0 aliphatic heterocycles. The topological polar surface area (TPSA) is 35.5 Å². The normalized spacial score (nSPS) is 11.1. The largest absolute Gasteiger partial charge is 0.457 e. The number of esters is 1. The number of carbonyl (C=O) groups is 1. The summed E-state index contributed by atoms with van der Waals surface area (Å²) in [6.07, 6.45) is 2.20. The number of ether oxygens (including phenoxy) is 2. The van der Waals surface area contributed by atoms with E-state index >= 15 is 0 Å². The Kier molecular flexibility index (Phi) is 6.99. The molecule has 0 atom stereocenters. The van der Waals surface area contributed by atoms with Crippen LogP contribution in [0, 0.1) is 0 Å². The first kappa shape index (κ1) is 14.1. The first-order chi connectivity index (χ1) is 7.02. The molecule has 88 valence electrons. The van der Waals surface area contributed by atoms with Gasteiger partial charge in [-0.05, 0) is 0 Å². The monoisotopic (exact) mass is 216 g/mol. The maximum atomic E-state index is 10.8. The second-order valence-corrected chi connectivity index (χ2v) is 4.10. The van der Waals surface area contributed by atoms with Gasteiger partial charge in [0, 0.05) is 19.6 Å². The van der Waals surface area contributed by atoms with Crippen LogP contribution >= 0.6 is 0 Å². The first-order valence-corrected chi connectivity index (χ1v) is 5.12. The van der Waals surface area contributed by atoms with Crippen LogP contribution in [0.4, 0.5) is 0 Å². The molecule has 0 N–H and O–H groups in total. The van der Waals surface area contributed by atoms with Crippen molar-refractivity contribution in [3.63, 3.8) is 0 Å². The molecular formula is C11H22NO3+. The highest BCUT2D eigenvalue weighted by Gasteiger charge is 2.14. The highest BCUT2D eigenvalue weighted by atomic mass is 16.5. The van der Waals surface area contributed by atoms with Gasteiger partial charge in [0.2, 0.25) is 0 Å². The third-order valence-electron chi connectivity index (χ3n) is 2.22. The Morgan fingerprint density at radius 3 is 2.53 bits per heavy atom. The highest BCUT2D eigenvalue weighted by Crippen LogP contribution is 1.99. The summed E-state index contributed by atoms with van der Waals surface area (Å²) in [7, 11) is 5.92. The molecule has 4 nitrogen and oxygen atoms in total. The minimum Gasteiger partial charge on any atom is -0.457 e. The van der Waals surface area contributed by atoms with Gasteiger partial charge in [0.1, 0.15) is 13.2 Å². The van der Waals surface area contributed by atoms with Gasteiger partial charge < -0.3 is 14.0 Å². The predicted octanol–water partition coefficient (Wildman–Crippen LogP) is 0.829. The molecule has 0 unspecified atom stereocenters. The molecule has 0 fully saturated rings. The van der Waals surface area contributed by atoms with Crippen LogP contribution in [0.5, 0.6) is 0 Å². The third kappa shape index (κ3) is 8.15. The van der Waals surface area contributed by atoms with Gasteiger partial charge in [-0.3, -0.25) is 0 Å². The summed E-state index contributed by atoms with van der Waals surface area (Å²) in [5, 5.41) is 0. The molecule has 0 radical (unpaired) electrons. The molecule has 0 saturated carbocycles. The van der Waals surface area contributed by atoms with E-state index in [1.807, 2.05) is 0 Å². The number of methoxy groups -OCH3 is 1. The van der Waals surface area contributed by atoms with Crippen molar-refractivity contribution in [2.24, 2.45) is 0 Å². The minimum atomic E-state index is -0.355. The van der Waals surface area contributed by atoms with E-state index < -0.39 is 0 Å². The lowest BCUT2D eigenvalue weighted by molar-refractivity contribution is -0.890. The molecule has 4 heteroatoms. The van der Waals surface area contributed by atoms with Crippen LogP contribution < -0.4 is 0 Å². The van der Waals surface area contributed by atoms with Gasteiger partial charge in [-0.15, -0.1) is 0 Å². The SMILES string of the molecule is C=CC(=O)OCC[N+](C)(C)CCCOC. The van der Waals surface area contributed by atoms with Gasteiger partial charge in [0.25, 0.3) is 0 Å². The lowest BCUT2D eigenvalue weighted by Crippen LogP contribution is -2.43. The quantitative estimate of drug-likeness (QED) is 0.261. The summed E-state index contributed by atoms with van der Waals surface area (Å²) in [5.41, 5.74) is 0. The molecule has 0 spiro atoms. The zero-order valence-electron chi connectivity index (χ0n) is 9.99. The molecule has 0 rings (SSSR count). The van der Waals surface area contributed by atoms with Crippen molar-refractivity contribution in [3.05, 3.63) is 12.7 Å². The second kappa shape index (κ2) is 7.43. The van der Waals surface area contributed by atoms with E-state index in [1.54, 1.807) is 7.11 Å². The van der Waals surface area contributed by atoms with Crippen molar-refractivity contribution in [1.82, 2.24) is 0 Å². The Morgan fingerprint density at radius 2 is 2.00 bits per heavy atom. The average molecular weight is 216 g/mol. The van der Waals surface area contributed by atoms with E-state index in [1.165, 1.54) is 6.08 Å². The Balaban J connectivity index is 3.63. The maximum absolute atomic E-state index is 10.8. The van der Waals surface area contributed by atoms with Gasteiger partial charge in [-0.2, -0.15) is 0 Å². The van der Waals surface area contributed by atoms with Gasteiger partial charge in [0.15, 0.2) is 0 Å². The Morgan fingerprint density at radius 1 is 1.33 bits per heavy atom. The second-order valence-electron chi connectivity index (χ2n) is 4.10. The van der Waals surface area contributed by atoms with Crippen LogP contribution in [0.25, 0.3) is 0 Å². The number of hydrogen-bond donors (Lipinski definition) is 0. The van der Waals surface area contributed by atoms with E-state index in [0.29, 0.717) is 6.61 Å². The molecule has 0 aliphatic rings. The van der Waals surface area contributed by atoms with E-state index in [9.17, 15) is 4.79 Å². The average Bonchev–Trinajstić information content (AvgIpc) is 2.17. The smallest absolute Gasteiger partial charge is 0.330 e. The summed E-state index contributed by atoms with van der Waals surface area (Å²) in [6.45, 7) is 6.37. The number of carbonyl (C=O) groups excluding carboxylic acids is 1. The van der Waals surface area contributed by atoms with Crippen LogP contribution in [0.2, 0.25) is 0 Å². The van der Waals surface area contributed by atoms with E-state index in [-0.39, 0.29) is 5.97 Å². The molecule has 0 heterocycles. The van der Waals surface area contributed by atoms with Crippen molar-refractivity contribution < 1.29 is 18.8 Å². The van der Waals surface area contributed by atoms with Gasteiger partial charge in [-0.1, -0.05) is 6.58 Å².